The van der Waals surface area contributed by atoms with E-state index in [9.17, 15) is 0 Å². The van der Waals surface area contributed by atoms with Crippen LogP contribution in [0.15, 0.2) is 0 Å². The zero-order chi connectivity index (χ0) is 22.5. The van der Waals surface area contributed by atoms with Gasteiger partial charge < -0.3 is 32.7 Å². The predicted molar refractivity (Wildman–Crippen MR) is 139 cm³/mol. The topological polar surface area (TPSA) is 100 Å². The van der Waals surface area contributed by atoms with Crippen LogP contribution in [0.2, 0.25) is 0 Å². The van der Waals surface area contributed by atoms with Crippen molar-refractivity contribution in [2.75, 3.05) is 65.4 Å². The molecule has 0 aliphatic heterocycles. The van der Waals surface area contributed by atoms with E-state index < -0.39 is 0 Å². The summed E-state index contributed by atoms with van der Waals surface area (Å²) >= 11 is 0. The Bertz CT molecular complexity index is 276. The summed E-state index contributed by atoms with van der Waals surface area (Å²) < 4.78 is 0. The summed E-state index contributed by atoms with van der Waals surface area (Å²) in [6.45, 7) is 11.0. The van der Waals surface area contributed by atoms with Crippen molar-refractivity contribution in [1.82, 2.24) is 21.3 Å². The zero-order valence-electron chi connectivity index (χ0n) is 20.8. The molecule has 0 unspecified atom stereocenters. The summed E-state index contributed by atoms with van der Waals surface area (Å²) in [4.78, 5) is 0. The highest BCUT2D eigenvalue weighted by Crippen LogP contribution is 1.97. The van der Waals surface area contributed by atoms with Crippen LogP contribution in [-0.4, -0.2) is 65.4 Å². The third-order valence-electron chi connectivity index (χ3n) is 5.74. The van der Waals surface area contributed by atoms with Gasteiger partial charge in [0.1, 0.15) is 0 Å². The van der Waals surface area contributed by atoms with E-state index in [1.165, 1.54) is 136 Å². The number of rotatable bonds is 28. The lowest BCUT2D eigenvalue weighted by atomic mass is 10.2. The minimum absolute atomic E-state index is 0.833. The maximum absolute atomic E-state index is 5.50. The molecule has 0 saturated heterocycles. The van der Waals surface area contributed by atoms with E-state index in [1.54, 1.807) is 0 Å². The molecule has 0 aromatic carbocycles. The van der Waals surface area contributed by atoms with Gasteiger partial charge in [0.15, 0.2) is 0 Å². The van der Waals surface area contributed by atoms with Gasteiger partial charge in [0.25, 0.3) is 0 Å². The van der Waals surface area contributed by atoms with Crippen LogP contribution in [0, 0.1) is 0 Å². The highest BCUT2D eigenvalue weighted by Gasteiger charge is 1.94. The van der Waals surface area contributed by atoms with Gasteiger partial charge in [0, 0.05) is 0 Å². The normalized spacial score (nSPS) is 11.4. The molecule has 31 heavy (non-hydrogen) atoms. The molecule has 0 aliphatic carbocycles. The van der Waals surface area contributed by atoms with Gasteiger partial charge >= 0.3 is 0 Å². The van der Waals surface area contributed by atoms with Crippen LogP contribution in [0.3, 0.4) is 0 Å². The van der Waals surface area contributed by atoms with E-state index in [0.717, 1.165) is 26.2 Å². The van der Waals surface area contributed by atoms with Crippen molar-refractivity contribution in [3.05, 3.63) is 0 Å². The first-order valence-corrected chi connectivity index (χ1v) is 13.6. The molecular formula is C25H58N6. The van der Waals surface area contributed by atoms with Crippen molar-refractivity contribution < 1.29 is 0 Å². The first-order chi connectivity index (χ1) is 15.4. The van der Waals surface area contributed by atoms with Gasteiger partial charge in [-0.1, -0.05) is 32.1 Å². The second kappa shape index (κ2) is 29.8. The first kappa shape index (κ1) is 30.8. The Labute approximate surface area is 194 Å². The smallest absolute Gasteiger partial charge is 0.00489 e. The lowest BCUT2D eigenvalue weighted by Crippen LogP contribution is -2.20. The molecular weight excluding hydrogens is 384 g/mol. The second-order valence-electron chi connectivity index (χ2n) is 8.88. The van der Waals surface area contributed by atoms with Crippen LogP contribution in [0.4, 0.5) is 0 Å². The van der Waals surface area contributed by atoms with Crippen molar-refractivity contribution in [1.29, 1.82) is 0 Å². The monoisotopic (exact) mass is 442 g/mol. The van der Waals surface area contributed by atoms with Gasteiger partial charge in [-0.25, -0.2) is 0 Å². The standard InChI is InChI=1S/C25H58N6/c26-16-6-1-8-18-28-20-10-3-12-22-30-24-14-5-15-25-31-23-13-4-11-21-29-19-9-2-7-17-27/h28-31H,1-27H2. The Balaban J connectivity index is 2.98. The van der Waals surface area contributed by atoms with E-state index in [4.69, 9.17) is 11.5 Å². The Hall–Kier alpha value is -0.240. The molecule has 0 aromatic rings. The zero-order valence-corrected chi connectivity index (χ0v) is 20.8. The quantitative estimate of drug-likeness (QED) is 0.104. The van der Waals surface area contributed by atoms with E-state index in [1.807, 2.05) is 0 Å². The number of nitrogens with one attached hydrogen (secondary N) is 4. The fraction of sp³-hybridized carbons (Fsp3) is 1.00. The highest BCUT2D eigenvalue weighted by molar-refractivity contribution is 4.56. The fourth-order valence-electron chi connectivity index (χ4n) is 3.67. The average Bonchev–Trinajstić information content (AvgIpc) is 2.78. The molecule has 6 nitrogen and oxygen atoms in total. The van der Waals surface area contributed by atoms with Gasteiger partial charge in [0.2, 0.25) is 0 Å². The summed E-state index contributed by atoms with van der Waals surface area (Å²) in [5.41, 5.74) is 11.0. The van der Waals surface area contributed by atoms with Crippen molar-refractivity contribution >= 4 is 0 Å². The van der Waals surface area contributed by atoms with Crippen molar-refractivity contribution in [3.8, 4) is 0 Å². The summed E-state index contributed by atoms with van der Waals surface area (Å²) in [5, 5.41) is 14.3. The third-order valence-corrected chi connectivity index (χ3v) is 5.74. The SMILES string of the molecule is NCCCCCNCCCCCNCCCCCNCCCCCNCCCCCN. The van der Waals surface area contributed by atoms with Crippen molar-refractivity contribution in [3.63, 3.8) is 0 Å². The van der Waals surface area contributed by atoms with E-state index in [0.29, 0.717) is 0 Å². The molecule has 0 saturated carbocycles. The van der Waals surface area contributed by atoms with E-state index in [-0.39, 0.29) is 0 Å². The molecule has 0 radical (unpaired) electrons. The molecule has 0 bridgehead atoms. The van der Waals surface area contributed by atoms with Gasteiger partial charge in [-0.3, -0.25) is 0 Å². The molecule has 0 amide bonds. The van der Waals surface area contributed by atoms with Gasteiger partial charge in [-0.15, -0.1) is 0 Å². The Kier molecular flexibility index (Phi) is 29.5. The van der Waals surface area contributed by atoms with Crippen LogP contribution in [0.25, 0.3) is 0 Å². The van der Waals surface area contributed by atoms with Crippen molar-refractivity contribution in [2.24, 2.45) is 11.5 Å². The van der Waals surface area contributed by atoms with Crippen molar-refractivity contribution in [2.45, 2.75) is 96.3 Å². The van der Waals surface area contributed by atoms with Gasteiger partial charge in [0.05, 0.1) is 0 Å². The summed E-state index contributed by atoms with van der Waals surface area (Å²) in [6.07, 6.45) is 19.2. The number of nitrogens with two attached hydrogens (primary N) is 2. The molecule has 0 heterocycles. The van der Waals surface area contributed by atoms with Gasteiger partial charge in [-0.05, 0) is 130 Å². The minimum atomic E-state index is 0.833. The number of unbranched alkanes of at least 4 members (excludes halogenated alkanes) is 10. The molecule has 0 rings (SSSR count). The maximum atomic E-state index is 5.50. The lowest BCUT2D eigenvalue weighted by Gasteiger charge is -2.07. The number of hydrogen-bond donors (Lipinski definition) is 6. The molecule has 6 heteroatoms. The lowest BCUT2D eigenvalue weighted by molar-refractivity contribution is 0.530. The molecule has 0 spiro atoms. The first-order valence-electron chi connectivity index (χ1n) is 13.6. The second-order valence-corrected chi connectivity index (χ2v) is 8.88. The van der Waals surface area contributed by atoms with E-state index >= 15 is 0 Å². The third kappa shape index (κ3) is 29.8. The molecule has 188 valence electrons. The Morgan fingerprint density at radius 1 is 0.258 bits per heavy atom. The largest absolute Gasteiger partial charge is 0.330 e. The Morgan fingerprint density at radius 3 is 0.645 bits per heavy atom. The number of hydrogen-bond acceptors (Lipinski definition) is 6. The summed E-state index contributed by atoms with van der Waals surface area (Å²) in [7, 11) is 0. The van der Waals surface area contributed by atoms with E-state index in [2.05, 4.69) is 21.3 Å². The van der Waals surface area contributed by atoms with Crippen LogP contribution >= 0.6 is 0 Å². The average molecular weight is 443 g/mol. The van der Waals surface area contributed by atoms with Crippen LogP contribution in [0.1, 0.15) is 96.3 Å². The minimum Gasteiger partial charge on any atom is -0.330 e. The summed E-state index contributed by atoms with van der Waals surface area (Å²) in [6, 6.07) is 0. The highest BCUT2D eigenvalue weighted by atomic mass is 14.9. The molecule has 0 aromatic heterocycles. The molecule has 0 fully saturated rings. The molecule has 8 N–H and O–H groups in total. The predicted octanol–water partition coefficient (Wildman–Crippen LogP) is 3.11. The van der Waals surface area contributed by atoms with Gasteiger partial charge in [-0.2, -0.15) is 0 Å². The fourth-order valence-corrected chi connectivity index (χ4v) is 3.67. The van der Waals surface area contributed by atoms with Crippen LogP contribution in [-0.2, 0) is 0 Å². The maximum Gasteiger partial charge on any atom is -0.00489 e. The molecule has 0 atom stereocenters. The molecule has 0 aliphatic rings. The summed E-state index contributed by atoms with van der Waals surface area (Å²) in [5.74, 6) is 0. The Morgan fingerprint density at radius 2 is 0.452 bits per heavy atom. The van der Waals surface area contributed by atoms with Crippen LogP contribution in [0.5, 0.6) is 0 Å². The van der Waals surface area contributed by atoms with Crippen LogP contribution < -0.4 is 32.7 Å².